The lowest BCUT2D eigenvalue weighted by molar-refractivity contribution is 0.1000. The van der Waals surface area contributed by atoms with Crippen LogP contribution in [-0.2, 0) is 6.54 Å². The first-order chi connectivity index (χ1) is 9.11. The van der Waals surface area contributed by atoms with Crippen molar-refractivity contribution in [3.05, 3.63) is 42.0 Å². The topological polar surface area (TPSA) is 113 Å². The van der Waals surface area contributed by atoms with E-state index in [-0.39, 0.29) is 0 Å². The first kappa shape index (κ1) is 11.3. The third-order valence-electron chi connectivity index (χ3n) is 2.67. The van der Waals surface area contributed by atoms with Crippen LogP contribution >= 0.6 is 0 Å². The molecule has 19 heavy (non-hydrogen) atoms. The number of carbonyl (C=O) groups excluding carboxylic acids is 1. The number of oxazole rings is 1. The number of hydrogen-bond acceptors (Lipinski definition) is 5. The Hall–Kier alpha value is -2.83. The molecule has 3 aromatic rings. The number of rotatable bonds is 3. The molecule has 0 aliphatic rings. The molecule has 2 aromatic heterocycles. The second-order valence-corrected chi connectivity index (χ2v) is 4.13. The van der Waals surface area contributed by atoms with Gasteiger partial charge in [0.15, 0.2) is 5.58 Å². The zero-order valence-electron chi connectivity index (χ0n) is 9.91. The number of aromatic nitrogens is 3. The highest BCUT2D eigenvalue weighted by atomic mass is 16.3. The summed E-state index contributed by atoms with van der Waals surface area (Å²) >= 11 is 0. The van der Waals surface area contributed by atoms with Gasteiger partial charge in [-0.25, -0.2) is 4.98 Å². The van der Waals surface area contributed by atoms with Crippen LogP contribution in [0.3, 0.4) is 0 Å². The van der Waals surface area contributed by atoms with Crippen LogP contribution in [0, 0.1) is 0 Å². The molecule has 0 saturated carbocycles. The smallest absolute Gasteiger partial charge is 0.251 e. The number of hydrogen-bond donors (Lipinski definition) is 2. The summed E-state index contributed by atoms with van der Waals surface area (Å²) in [6.07, 6.45) is 2.95. The highest BCUT2D eigenvalue weighted by Gasteiger charge is 2.09. The molecule has 0 unspecified atom stereocenters. The first-order valence-corrected chi connectivity index (χ1v) is 5.59. The highest BCUT2D eigenvalue weighted by Crippen LogP contribution is 2.18. The standard InChI is InChI=1S/C12H11N5O2/c13-8-1-2-10-9(3-8)16-11(19-10)6-17-5-7(4-15-17)12(14)18/h1-5H,6,13H2,(H2,14,18). The summed E-state index contributed by atoms with van der Waals surface area (Å²) in [5.74, 6) is -0.0312. The summed E-state index contributed by atoms with van der Waals surface area (Å²) in [6, 6.07) is 5.25. The Kier molecular flexibility index (Phi) is 2.45. The van der Waals surface area contributed by atoms with Crippen molar-refractivity contribution < 1.29 is 9.21 Å². The molecule has 1 amide bonds. The number of amides is 1. The monoisotopic (exact) mass is 257 g/mol. The van der Waals surface area contributed by atoms with Crippen molar-refractivity contribution >= 4 is 22.7 Å². The van der Waals surface area contributed by atoms with Crippen molar-refractivity contribution in [3.8, 4) is 0 Å². The number of fused-ring (bicyclic) bond motifs is 1. The van der Waals surface area contributed by atoms with Crippen LogP contribution in [0.2, 0.25) is 0 Å². The zero-order chi connectivity index (χ0) is 13.4. The number of nitrogen functional groups attached to an aromatic ring is 1. The van der Waals surface area contributed by atoms with Gasteiger partial charge in [-0.15, -0.1) is 0 Å². The SMILES string of the molecule is NC(=O)c1cnn(Cc2nc3cc(N)ccc3o2)c1. The van der Waals surface area contributed by atoms with Gasteiger partial charge in [-0.3, -0.25) is 9.48 Å². The predicted molar refractivity (Wildman–Crippen MR) is 68.3 cm³/mol. The van der Waals surface area contributed by atoms with Crippen molar-refractivity contribution in [2.45, 2.75) is 6.54 Å². The number of primary amides is 1. The third-order valence-corrected chi connectivity index (χ3v) is 2.67. The largest absolute Gasteiger partial charge is 0.439 e. The van der Waals surface area contributed by atoms with Gasteiger partial charge in [0.1, 0.15) is 12.1 Å². The second-order valence-electron chi connectivity index (χ2n) is 4.13. The van der Waals surface area contributed by atoms with Gasteiger partial charge in [0.05, 0.1) is 11.8 Å². The van der Waals surface area contributed by atoms with Crippen LogP contribution < -0.4 is 11.5 Å². The van der Waals surface area contributed by atoms with E-state index in [0.29, 0.717) is 34.8 Å². The molecule has 0 aliphatic heterocycles. The van der Waals surface area contributed by atoms with E-state index in [1.807, 2.05) is 0 Å². The molecule has 0 fully saturated rings. The van der Waals surface area contributed by atoms with Crippen molar-refractivity contribution in [1.29, 1.82) is 0 Å². The summed E-state index contributed by atoms with van der Waals surface area (Å²) in [5, 5.41) is 4.01. The van der Waals surface area contributed by atoms with E-state index in [1.54, 1.807) is 24.4 Å². The van der Waals surface area contributed by atoms with E-state index in [1.165, 1.54) is 10.9 Å². The maximum Gasteiger partial charge on any atom is 0.251 e. The molecule has 0 aliphatic carbocycles. The fourth-order valence-electron chi connectivity index (χ4n) is 1.78. The van der Waals surface area contributed by atoms with Gasteiger partial charge < -0.3 is 15.9 Å². The van der Waals surface area contributed by atoms with Crippen LogP contribution in [0.5, 0.6) is 0 Å². The Morgan fingerprint density at radius 1 is 1.42 bits per heavy atom. The van der Waals surface area contributed by atoms with E-state index in [4.69, 9.17) is 15.9 Å². The lowest BCUT2D eigenvalue weighted by atomic mass is 10.3. The molecule has 7 heteroatoms. The molecule has 2 heterocycles. The Morgan fingerprint density at radius 2 is 2.26 bits per heavy atom. The molecule has 0 atom stereocenters. The number of nitrogens with two attached hydrogens (primary N) is 2. The van der Waals surface area contributed by atoms with Crippen molar-refractivity contribution in [2.75, 3.05) is 5.73 Å². The quantitative estimate of drug-likeness (QED) is 0.672. The van der Waals surface area contributed by atoms with Crippen molar-refractivity contribution in [2.24, 2.45) is 5.73 Å². The summed E-state index contributed by atoms with van der Waals surface area (Å²) in [6.45, 7) is 0.321. The minimum atomic E-state index is -0.517. The average molecular weight is 257 g/mol. The van der Waals surface area contributed by atoms with Gasteiger partial charge in [-0.2, -0.15) is 5.10 Å². The highest BCUT2D eigenvalue weighted by molar-refractivity contribution is 5.92. The molecule has 7 nitrogen and oxygen atoms in total. The Labute approximate surface area is 107 Å². The Morgan fingerprint density at radius 3 is 3.00 bits per heavy atom. The number of anilines is 1. The van der Waals surface area contributed by atoms with Gasteiger partial charge >= 0.3 is 0 Å². The van der Waals surface area contributed by atoms with E-state index < -0.39 is 5.91 Å². The number of carbonyl (C=O) groups is 1. The second kappa shape index (κ2) is 4.13. The molecule has 0 spiro atoms. The van der Waals surface area contributed by atoms with E-state index in [2.05, 4.69) is 10.1 Å². The van der Waals surface area contributed by atoms with Gasteiger partial charge in [-0.1, -0.05) is 0 Å². The van der Waals surface area contributed by atoms with Gasteiger partial charge in [-0.05, 0) is 18.2 Å². The van der Waals surface area contributed by atoms with Gasteiger partial charge in [0.25, 0.3) is 5.91 Å². The molecule has 96 valence electrons. The molecule has 4 N–H and O–H groups in total. The maximum absolute atomic E-state index is 11.0. The number of benzene rings is 1. The molecular formula is C12H11N5O2. The molecule has 1 aromatic carbocycles. The minimum Gasteiger partial charge on any atom is -0.439 e. The Bertz CT molecular complexity index is 758. The maximum atomic E-state index is 11.0. The number of nitrogens with zero attached hydrogens (tertiary/aromatic N) is 3. The zero-order valence-corrected chi connectivity index (χ0v) is 9.91. The van der Waals surface area contributed by atoms with E-state index in [9.17, 15) is 4.79 Å². The fraction of sp³-hybridized carbons (Fsp3) is 0.0833. The average Bonchev–Trinajstić information content (AvgIpc) is 2.95. The van der Waals surface area contributed by atoms with Crippen LogP contribution in [0.1, 0.15) is 16.2 Å². The molecule has 3 rings (SSSR count). The van der Waals surface area contributed by atoms with Gasteiger partial charge in [0, 0.05) is 11.9 Å². The molecule has 0 radical (unpaired) electrons. The summed E-state index contributed by atoms with van der Waals surface area (Å²) in [4.78, 5) is 15.3. The molecule has 0 saturated heterocycles. The van der Waals surface area contributed by atoms with Crippen molar-refractivity contribution in [3.63, 3.8) is 0 Å². The van der Waals surface area contributed by atoms with Crippen LogP contribution in [0.4, 0.5) is 5.69 Å². The van der Waals surface area contributed by atoms with E-state index >= 15 is 0 Å². The predicted octanol–water partition coefficient (Wildman–Crippen LogP) is 0.754. The summed E-state index contributed by atoms with van der Waals surface area (Å²) in [7, 11) is 0. The van der Waals surface area contributed by atoms with Crippen LogP contribution in [0.25, 0.3) is 11.1 Å². The minimum absolute atomic E-state index is 0.321. The van der Waals surface area contributed by atoms with E-state index in [0.717, 1.165) is 0 Å². The normalized spacial score (nSPS) is 10.9. The molecular weight excluding hydrogens is 246 g/mol. The lowest BCUT2D eigenvalue weighted by Gasteiger charge is -1.94. The molecule has 0 bridgehead atoms. The first-order valence-electron chi connectivity index (χ1n) is 5.59. The Balaban J connectivity index is 1.89. The fourth-order valence-corrected chi connectivity index (χ4v) is 1.78. The lowest BCUT2D eigenvalue weighted by Crippen LogP contribution is -2.09. The van der Waals surface area contributed by atoms with Gasteiger partial charge in [0.2, 0.25) is 5.89 Å². The van der Waals surface area contributed by atoms with Crippen molar-refractivity contribution in [1.82, 2.24) is 14.8 Å². The van der Waals surface area contributed by atoms with Crippen LogP contribution in [0.15, 0.2) is 35.0 Å². The third kappa shape index (κ3) is 2.13. The van der Waals surface area contributed by atoms with Crippen LogP contribution in [-0.4, -0.2) is 20.7 Å². The summed E-state index contributed by atoms with van der Waals surface area (Å²) < 4.78 is 7.09. The summed E-state index contributed by atoms with van der Waals surface area (Å²) in [5.41, 5.74) is 13.2.